The molecule has 0 spiro atoms. The second-order valence-electron chi connectivity index (χ2n) is 4.94. The van der Waals surface area contributed by atoms with E-state index in [1.165, 1.54) is 6.92 Å². The minimum Gasteiger partial charge on any atom is -0.317 e. The molecular formula is C12H13N3O5S. The highest BCUT2D eigenvalue weighted by atomic mass is 32.1. The predicted octanol–water partition coefficient (Wildman–Crippen LogP) is 0.875. The van der Waals surface area contributed by atoms with E-state index in [1.807, 2.05) is 0 Å². The van der Waals surface area contributed by atoms with Crippen LogP contribution >= 0.6 is 11.3 Å². The topological polar surface area (TPSA) is 97.0 Å². The number of amides is 3. The maximum Gasteiger partial charge on any atom is 0.266 e. The van der Waals surface area contributed by atoms with Crippen LogP contribution in [-0.4, -0.2) is 35.0 Å². The van der Waals surface area contributed by atoms with Gasteiger partial charge in [0.2, 0.25) is 5.91 Å². The van der Waals surface area contributed by atoms with Crippen molar-refractivity contribution < 1.29 is 24.1 Å². The monoisotopic (exact) mass is 311 g/mol. The summed E-state index contributed by atoms with van der Waals surface area (Å²) in [5.74, 6) is -1.21. The van der Waals surface area contributed by atoms with Gasteiger partial charge in [-0.05, 0) is 6.92 Å². The number of imide groups is 1. The standard InChI is InChI=1S/C12H13N3O5S/c1-6(16)13-9-8-7(5-21-9)10(17)15(11(8)18)12(2)3-4-19-14-20-12/h5,14H,3-4H2,1-2H3,(H,13,16)/t12-/m1/s1. The van der Waals surface area contributed by atoms with Gasteiger partial charge in [-0.25, -0.2) is 9.74 Å². The molecule has 3 amide bonds. The first-order chi connectivity index (χ1) is 9.94. The van der Waals surface area contributed by atoms with Crippen LogP contribution < -0.4 is 11.0 Å². The van der Waals surface area contributed by atoms with Crippen molar-refractivity contribution in [3.8, 4) is 0 Å². The van der Waals surface area contributed by atoms with Crippen molar-refractivity contribution in [2.24, 2.45) is 0 Å². The molecule has 0 saturated carbocycles. The number of nitrogens with zero attached hydrogens (tertiary/aromatic N) is 1. The molecule has 2 aliphatic heterocycles. The number of anilines is 1. The fraction of sp³-hybridized carbons (Fsp3) is 0.417. The number of carbonyl (C=O) groups excluding carboxylic acids is 3. The largest absolute Gasteiger partial charge is 0.317 e. The van der Waals surface area contributed by atoms with E-state index in [2.05, 4.69) is 11.0 Å². The molecule has 112 valence electrons. The number of fused-ring (bicyclic) bond motifs is 1. The first-order valence-corrected chi connectivity index (χ1v) is 7.15. The average Bonchev–Trinajstić information content (AvgIpc) is 2.92. The Bertz CT molecular complexity index is 635. The lowest BCUT2D eigenvalue weighted by Gasteiger charge is -2.38. The molecule has 1 aromatic heterocycles. The normalized spacial score (nSPS) is 25.1. The van der Waals surface area contributed by atoms with Gasteiger partial charge in [-0.15, -0.1) is 11.3 Å². The molecule has 1 fully saturated rings. The summed E-state index contributed by atoms with van der Waals surface area (Å²) in [5.41, 5.74) is 1.62. The number of rotatable bonds is 2. The maximum absolute atomic E-state index is 12.6. The summed E-state index contributed by atoms with van der Waals surface area (Å²) in [5, 5.41) is 4.51. The minimum atomic E-state index is -1.13. The van der Waals surface area contributed by atoms with Crippen molar-refractivity contribution in [3.63, 3.8) is 0 Å². The smallest absolute Gasteiger partial charge is 0.266 e. The van der Waals surface area contributed by atoms with Gasteiger partial charge in [-0.3, -0.25) is 19.2 Å². The molecule has 0 unspecified atom stereocenters. The number of nitrogens with one attached hydrogen (secondary N) is 2. The van der Waals surface area contributed by atoms with Crippen LogP contribution in [0.25, 0.3) is 0 Å². The molecule has 1 atom stereocenters. The van der Waals surface area contributed by atoms with E-state index in [4.69, 9.17) is 9.68 Å². The number of carbonyl (C=O) groups is 3. The van der Waals surface area contributed by atoms with Crippen LogP contribution in [0.4, 0.5) is 5.00 Å². The molecule has 0 bridgehead atoms. The molecule has 3 rings (SSSR count). The molecule has 0 aliphatic carbocycles. The molecule has 3 heterocycles. The Morgan fingerprint density at radius 2 is 2.24 bits per heavy atom. The van der Waals surface area contributed by atoms with Crippen LogP contribution in [0.2, 0.25) is 0 Å². The second kappa shape index (κ2) is 4.88. The van der Waals surface area contributed by atoms with E-state index in [0.29, 0.717) is 18.0 Å². The van der Waals surface area contributed by atoms with Crippen LogP contribution in [0.15, 0.2) is 5.38 Å². The molecular weight excluding hydrogens is 298 g/mol. The Balaban J connectivity index is 1.97. The number of thiophene rings is 1. The van der Waals surface area contributed by atoms with Crippen molar-refractivity contribution in [2.75, 3.05) is 11.9 Å². The summed E-state index contributed by atoms with van der Waals surface area (Å²) in [7, 11) is 0. The Labute approximate surface area is 123 Å². The van der Waals surface area contributed by atoms with Gasteiger partial charge in [-0.2, -0.15) is 0 Å². The molecule has 1 aromatic rings. The summed E-state index contributed by atoms with van der Waals surface area (Å²) < 4.78 is 0. The quantitative estimate of drug-likeness (QED) is 0.787. The molecule has 2 N–H and O–H groups in total. The van der Waals surface area contributed by atoms with Gasteiger partial charge in [0.05, 0.1) is 17.7 Å². The van der Waals surface area contributed by atoms with Gasteiger partial charge in [0, 0.05) is 18.7 Å². The lowest BCUT2D eigenvalue weighted by atomic mass is 10.1. The first kappa shape index (κ1) is 14.1. The lowest BCUT2D eigenvalue weighted by molar-refractivity contribution is -0.302. The highest BCUT2D eigenvalue weighted by Crippen LogP contribution is 2.39. The molecule has 1 saturated heterocycles. The van der Waals surface area contributed by atoms with Crippen molar-refractivity contribution in [3.05, 3.63) is 16.5 Å². The van der Waals surface area contributed by atoms with Crippen LogP contribution in [0.5, 0.6) is 0 Å². The molecule has 9 heteroatoms. The highest BCUT2D eigenvalue weighted by molar-refractivity contribution is 7.15. The van der Waals surface area contributed by atoms with Gasteiger partial charge >= 0.3 is 0 Å². The van der Waals surface area contributed by atoms with E-state index in [9.17, 15) is 14.4 Å². The fourth-order valence-electron chi connectivity index (χ4n) is 2.34. The Morgan fingerprint density at radius 3 is 2.86 bits per heavy atom. The number of hydrogen-bond donors (Lipinski definition) is 2. The van der Waals surface area contributed by atoms with E-state index >= 15 is 0 Å². The minimum absolute atomic E-state index is 0.219. The van der Waals surface area contributed by atoms with E-state index in [-0.39, 0.29) is 17.0 Å². The van der Waals surface area contributed by atoms with Crippen molar-refractivity contribution in [1.29, 1.82) is 0 Å². The van der Waals surface area contributed by atoms with E-state index in [0.717, 1.165) is 16.2 Å². The van der Waals surface area contributed by atoms with Gasteiger partial charge in [0.1, 0.15) is 5.00 Å². The van der Waals surface area contributed by atoms with Gasteiger partial charge in [-0.1, -0.05) is 5.64 Å². The van der Waals surface area contributed by atoms with Crippen LogP contribution in [0, 0.1) is 0 Å². The van der Waals surface area contributed by atoms with Crippen molar-refractivity contribution >= 4 is 34.1 Å². The van der Waals surface area contributed by atoms with E-state index in [1.54, 1.807) is 12.3 Å². The zero-order chi connectivity index (χ0) is 15.2. The zero-order valence-corrected chi connectivity index (χ0v) is 12.2. The Morgan fingerprint density at radius 1 is 1.48 bits per heavy atom. The molecule has 21 heavy (non-hydrogen) atoms. The van der Waals surface area contributed by atoms with Gasteiger partial charge < -0.3 is 5.32 Å². The lowest BCUT2D eigenvalue weighted by Crippen LogP contribution is -2.57. The van der Waals surface area contributed by atoms with Crippen LogP contribution in [0.1, 0.15) is 41.0 Å². The van der Waals surface area contributed by atoms with Crippen molar-refractivity contribution in [1.82, 2.24) is 10.5 Å². The molecule has 0 aromatic carbocycles. The van der Waals surface area contributed by atoms with E-state index < -0.39 is 17.5 Å². The van der Waals surface area contributed by atoms with Gasteiger partial charge in [0.25, 0.3) is 11.8 Å². The fourth-order valence-corrected chi connectivity index (χ4v) is 3.32. The maximum atomic E-state index is 12.6. The van der Waals surface area contributed by atoms with Gasteiger partial charge in [0.15, 0.2) is 5.72 Å². The van der Waals surface area contributed by atoms with Crippen LogP contribution in [-0.2, 0) is 14.5 Å². The highest BCUT2D eigenvalue weighted by Gasteiger charge is 2.50. The summed E-state index contributed by atoms with van der Waals surface area (Å²) in [6.07, 6.45) is 0.348. The Kier molecular flexibility index (Phi) is 3.29. The third kappa shape index (κ3) is 2.14. The average molecular weight is 311 g/mol. The number of hydrogen-bond acceptors (Lipinski definition) is 7. The Hall–Kier alpha value is -1.81. The molecule has 0 radical (unpaired) electrons. The second-order valence-corrected chi connectivity index (χ2v) is 5.82. The SMILES string of the molecule is CC(=O)Nc1scc2c1C(=O)N([C@@]1(C)CCONO1)C2=O. The molecule has 8 nitrogen and oxygen atoms in total. The third-order valence-corrected chi connectivity index (χ3v) is 4.29. The predicted molar refractivity (Wildman–Crippen MR) is 72.3 cm³/mol. The first-order valence-electron chi connectivity index (χ1n) is 6.27. The summed E-state index contributed by atoms with van der Waals surface area (Å²) >= 11 is 1.15. The zero-order valence-electron chi connectivity index (χ0n) is 11.4. The van der Waals surface area contributed by atoms with Crippen LogP contribution in [0.3, 0.4) is 0 Å². The molecule has 2 aliphatic rings. The van der Waals surface area contributed by atoms with Crippen molar-refractivity contribution in [2.45, 2.75) is 26.0 Å². The summed E-state index contributed by atoms with van der Waals surface area (Å²) in [6.45, 7) is 3.28. The third-order valence-electron chi connectivity index (χ3n) is 3.39. The summed E-state index contributed by atoms with van der Waals surface area (Å²) in [6, 6.07) is 0. The summed E-state index contributed by atoms with van der Waals surface area (Å²) in [4.78, 5) is 47.4.